The summed E-state index contributed by atoms with van der Waals surface area (Å²) in [6.45, 7) is 1.57. The highest BCUT2D eigenvalue weighted by Crippen LogP contribution is 2.18. The molecule has 3 amide bonds. The molecule has 2 aromatic carbocycles. The molecule has 170 valence electrons. The molecule has 1 aromatic heterocycles. The van der Waals surface area contributed by atoms with Crippen LogP contribution in [0.4, 0.5) is 5.69 Å². The van der Waals surface area contributed by atoms with Crippen molar-refractivity contribution < 1.29 is 14.4 Å². The summed E-state index contributed by atoms with van der Waals surface area (Å²) in [6.07, 6.45) is 0. The standard InChI is InChI=1S/C23H22BrN5O4/c1-15(30)27-19-8-4-17(5-9-19)23(33)26-13-12-25-21(31)14-29-22(32)11-10-20(28-29)16-2-6-18(24)7-3-16/h2-11H,12-14H2,1H3,(H,25,31)(H,26,33)(H,27,30). The van der Waals surface area contributed by atoms with Gasteiger partial charge in [0.2, 0.25) is 11.8 Å². The Morgan fingerprint density at radius 3 is 2.24 bits per heavy atom. The van der Waals surface area contributed by atoms with Gasteiger partial charge in [-0.2, -0.15) is 5.10 Å². The number of benzene rings is 2. The van der Waals surface area contributed by atoms with Crippen molar-refractivity contribution in [2.24, 2.45) is 0 Å². The molecule has 3 aromatic rings. The molecule has 0 bridgehead atoms. The van der Waals surface area contributed by atoms with Gasteiger partial charge in [-0.3, -0.25) is 19.2 Å². The fourth-order valence-electron chi connectivity index (χ4n) is 2.92. The molecular weight excluding hydrogens is 490 g/mol. The highest BCUT2D eigenvalue weighted by Gasteiger charge is 2.09. The van der Waals surface area contributed by atoms with E-state index in [1.807, 2.05) is 24.3 Å². The van der Waals surface area contributed by atoms with E-state index in [4.69, 9.17) is 0 Å². The number of amides is 3. The van der Waals surface area contributed by atoms with Crippen molar-refractivity contribution in [3.63, 3.8) is 0 Å². The van der Waals surface area contributed by atoms with E-state index in [1.54, 1.807) is 30.3 Å². The summed E-state index contributed by atoms with van der Waals surface area (Å²) < 4.78 is 2.02. The molecule has 0 fully saturated rings. The second-order valence-electron chi connectivity index (χ2n) is 7.09. The lowest BCUT2D eigenvalue weighted by molar-refractivity contribution is -0.121. The molecule has 0 aliphatic heterocycles. The Labute approximate surface area is 198 Å². The number of halogens is 1. The predicted octanol–water partition coefficient (Wildman–Crippen LogP) is 2.18. The van der Waals surface area contributed by atoms with Gasteiger partial charge in [0, 0.05) is 47.4 Å². The zero-order valence-electron chi connectivity index (χ0n) is 17.8. The summed E-state index contributed by atoms with van der Waals surface area (Å²) in [4.78, 5) is 47.5. The van der Waals surface area contributed by atoms with E-state index in [0.29, 0.717) is 16.9 Å². The van der Waals surface area contributed by atoms with Crippen molar-refractivity contribution in [2.45, 2.75) is 13.5 Å². The van der Waals surface area contributed by atoms with Gasteiger partial charge in [0.05, 0.1) is 5.69 Å². The number of nitrogens with one attached hydrogen (secondary N) is 3. The Hall–Kier alpha value is -3.79. The first kappa shape index (κ1) is 23.9. The highest BCUT2D eigenvalue weighted by molar-refractivity contribution is 9.10. The molecule has 0 saturated carbocycles. The second kappa shape index (κ2) is 11.2. The maximum atomic E-state index is 12.2. The first-order chi connectivity index (χ1) is 15.8. The number of aromatic nitrogens is 2. The predicted molar refractivity (Wildman–Crippen MR) is 128 cm³/mol. The van der Waals surface area contributed by atoms with Gasteiger partial charge in [0.1, 0.15) is 6.54 Å². The number of rotatable bonds is 8. The van der Waals surface area contributed by atoms with Crippen LogP contribution in [0, 0.1) is 0 Å². The average molecular weight is 512 g/mol. The summed E-state index contributed by atoms with van der Waals surface area (Å²) in [5.74, 6) is -0.898. The Morgan fingerprint density at radius 1 is 0.909 bits per heavy atom. The second-order valence-corrected chi connectivity index (χ2v) is 8.00. The van der Waals surface area contributed by atoms with E-state index in [0.717, 1.165) is 14.7 Å². The van der Waals surface area contributed by atoms with E-state index < -0.39 is 5.91 Å². The van der Waals surface area contributed by atoms with Gasteiger partial charge in [-0.15, -0.1) is 0 Å². The average Bonchev–Trinajstić information content (AvgIpc) is 2.79. The van der Waals surface area contributed by atoms with Crippen LogP contribution >= 0.6 is 15.9 Å². The summed E-state index contributed by atoms with van der Waals surface area (Å²) >= 11 is 3.37. The van der Waals surface area contributed by atoms with Crippen molar-refractivity contribution in [1.82, 2.24) is 20.4 Å². The molecule has 0 atom stereocenters. The fraction of sp³-hybridized carbons (Fsp3) is 0.174. The van der Waals surface area contributed by atoms with Gasteiger partial charge in [0.15, 0.2) is 0 Å². The quantitative estimate of drug-likeness (QED) is 0.400. The third kappa shape index (κ3) is 7.11. The van der Waals surface area contributed by atoms with Crippen molar-refractivity contribution in [2.75, 3.05) is 18.4 Å². The van der Waals surface area contributed by atoms with Crippen LogP contribution in [-0.4, -0.2) is 40.6 Å². The van der Waals surface area contributed by atoms with Crippen LogP contribution in [0.15, 0.2) is 69.9 Å². The van der Waals surface area contributed by atoms with Gasteiger partial charge in [-0.1, -0.05) is 28.1 Å². The fourth-order valence-corrected chi connectivity index (χ4v) is 3.18. The molecule has 0 aliphatic rings. The molecule has 0 spiro atoms. The summed E-state index contributed by atoms with van der Waals surface area (Å²) in [6, 6.07) is 16.9. The van der Waals surface area contributed by atoms with Crippen molar-refractivity contribution in [3.8, 4) is 11.3 Å². The van der Waals surface area contributed by atoms with Crippen LogP contribution in [0.5, 0.6) is 0 Å². The smallest absolute Gasteiger partial charge is 0.267 e. The van der Waals surface area contributed by atoms with E-state index in [2.05, 4.69) is 37.0 Å². The van der Waals surface area contributed by atoms with Crippen molar-refractivity contribution in [3.05, 3.63) is 81.1 Å². The monoisotopic (exact) mass is 511 g/mol. The van der Waals surface area contributed by atoms with Gasteiger partial charge in [-0.05, 0) is 42.5 Å². The van der Waals surface area contributed by atoms with Crippen LogP contribution in [0.25, 0.3) is 11.3 Å². The van der Waals surface area contributed by atoms with Gasteiger partial charge >= 0.3 is 0 Å². The Morgan fingerprint density at radius 2 is 1.58 bits per heavy atom. The number of hydrogen-bond donors (Lipinski definition) is 3. The normalized spacial score (nSPS) is 10.4. The first-order valence-electron chi connectivity index (χ1n) is 10.1. The number of carbonyl (C=O) groups is 3. The van der Waals surface area contributed by atoms with Crippen LogP contribution < -0.4 is 21.5 Å². The summed E-state index contributed by atoms with van der Waals surface area (Å²) in [7, 11) is 0. The summed E-state index contributed by atoms with van der Waals surface area (Å²) in [5.41, 5.74) is 2.03. The Kier molecular flexibility index (Phi) is 8.09. The molecule has 0 aliphatic carbocycles. The molecular formula is C23H22BrN5O4. The minimum absolute atomic E-state index is 0.190. The molecule has 33 heavy (non-hydrogen) atoms. The van der Waals surface area contributed by atoms with Crippen molar-refractivity contribution in [1.29, 1.82) is 0 Å². The van der Waals surface area contributed by atoms with E-state index in [1.165, 1.54) is 13.0 Å². The molecule has 0 saturated heterocycles. The van der Waals surface area contributed by atoms with Crippen molar-refractivity contribution >= 4 is 39.3 Å². The molecule has 0 unspecified atom stereocenters. The third-order valence-electron chi connectivity index (χ3n) is 4.50. The molecule has 10 heteroatoms. The zero-order valence-corrected chi connectivity index (χ0v) is 19.4. The van der Waals surface area contributed by atoms with E-state index >= 15 is 0 Å². The summed E-state index contributed by atoms with van der Waals surface area (Å²) in [5, 5.41) is 12.2. The lowest BCUT2D eigenvalue weighted by atomic mass is 10.1. The van der Waals surface area contributed by atoms with E-state index in [-0.39, 0.29) is 37.0 Å². The van der Waals surface area contributed by atoms with E-state index in [9.17, 15) is 19.2 Å². The third-order valence-corrected chi connectivity index (χ3v) is 5.03. The molecule has 9 nitrogen and oxygen atoms in total. The molecule has 0 radical (unpaired) electrons. The topological polar surface area (TPSA) is 122 Å². The number of hydrogen-bond acceptors (Lipinski definition) is 5. The molecule has 3 rings (SSSR count). The highest BCUT2D eigenvalue weighted by atomic mass is 79.9. The van der Waals surface area contributed by atoms with Crippen LogP contribution in [0.3, 0.4) is 0 Å². The van der Waals surface area contributed by atoms with Gasteiger partial charge < -0.3 is 16.0 Å². The minimum Gasteiger partial charge on any atom is -0.353 e. The number of carbonyl (C=O) groups excluding carboxylic acids is 3. The molecule has 1 heterocycles. The lowest BCUT2D eigenvalue weighted by Gasteiger charge is -2.09. The van der Waals surface area contributed by atoms with Gasteiger partial charge in [0.25, 0.3) is 11.5 Å². The zero-order chi connectivity index (χ0) is 23.8. The largest absolute Gasteiger partial charge is 0.353 e. The maximum absolute atomic E-state index is 12.2. The van der Waals surface area contributed by atoms with Crippen LogP contribution in [0.2, 0.25) is 0 Å². The lowest BCUT2D eigenvalue weighted by Crippen LogP contribution is -2.38. The number of anilines is 1. The maximum Gasteiger partial charge on any atom is 0.267 e. The van der Waals surface area contributed by atoms with Crippen LogP contribution in [0.1, 0.15) is 17.3 Å². The SMILES string of the molecule is CC(=O)Nc1ccc(C(=O)NCCNC(=O)Cn2nc(-c3ccc(Br)cc3)ccc2=O)cc1. The Balaban J connectivity index is 1.48. The Bertz CT molecular complexity index is 1210. The van der Waals surface area contributed by atoms with Crippen LogP contribution in [-0.2, 0) is 16.1 Å². The first-order valence-corrected chi connectivity index (χ1v) is 10.9. The number of nitrogens with zero attached hydrogens (tertiary/aromatic N) is 2. The molecule has 3 N–H and O–H groups in total. The minimum atomic E-state index is -0.397. The van der Waals surface area contributed by atoms with Gasteiger partial charge in [-0.25, -0.2) is 4.68 Å².